The van der Waals surface area contributed by atoms with E-state index in [-0.39, 0.29) is 0 Å². The van der Waals surface area contributed by atoms with Crippen molar-refractivity contribution in [2.45, 2.75) is 0 Å². The Balaban J connectivity index is 1.10. The Labute approximate surface area is 337 Å². The molecule has 0 saturated heterocycles. The second kappa shape index (κ2) is 14.1. The fourth-order valence-corrected chi connectivity index (χ4v) is 8.54. The summed E-state index contributed by atoms with van der Waals surface area (Å²) in [4.78, 5) is 2.41. The monoisotopic (exact) mass is 739 g/mol. The first-order chi connectivity index (χ1) is 28.7. The zero-order valence-corrected chi connectivity index (χ0v) is 31.7. The summed E-state index contributed by atoms with van der Waals surface area (Å²) in [7, 11) is 0. The Morgan fingerprint density at radius 3 is 1.60 bits per heavy atom. The van der Waals surface area contributed by atoms with Crippen molar-refractivity contribution in [3.8, 4) is 44.5 Å². The molecule has 0 N–H and O–H groups in total. The lowest BCUT2D eigenvalue weighted by Gasteiger charge is -2.29. The molecule has 0 aliphatic rings. The second-order valence-electron chi connectivity index (χ2n) is 14.9. The van der Waals surface area contributed by atoms with Crippen molar-refractivity contribution >= 4 is 60.5 Å². The van der Waals surface area contributed by atoms with Crippen molar-refractivity contribution in [1.29, 1.82) is 0 Å². The highest BCUT2D eigenvalue weighted by molar-refractivity contribution is 6.11. The predicted molar refractivity (Wildman–Crippen MR) is 245 cm³/mol. The molecule has 1 heterocycles. The van der Waals surface area contributed by atoms with Crippen LogP contribution in [0.3, 0.4) is 0 Å². The van der Waals surface area contributed by atoms with Crippen LogP contribution in [0, 0.1) is 0 Å². The number of fused-ring (bicyclic) bond motifs is 5. The minimum Gasteiger partial charge on any atom is -0.456 e. The van der Waals surface area contributed by atoms with Crippen LogP contribution in [0.15, 0.2) is 229 Å². The first kappa shape index (κ1) is 33.6. The van der Waals surface area contributed by atoms with Gasteiger partial charge in [0.25, 0.3) is 0 Å². The third-order valence-corrected chi connectivity index (χ3v) is 11.4. The minimum atomic E-state index is 0.886. The molecule has 0 unspecified atom stereocenters. The highest BCUT2D eigenvalue weighted by atomic mass is 16.3. The van der Waals surface area contributed by atoms with Gasteiger partial charge >= 0.3 is 0 Å². The predicted octanol–water partition coefficient (Wildman–Crippen LogP) is 16.0. The van der Waals surface area contributed by atoms with Gasteiger partial charge in [-0.2, -0.15) is 0 Å². The van der Waals surface area contributed by atoms with Crippen LogP contribution in [-0.4, -0.2) is 0 Å². The highest BCUT2D eigenvalue weighted by Crippen LogP contribution is 2.45. The van der Waals surface area contributed by atoms with E-state index in [9.17, 15) is 0 Å². The lowest BCUT2D eigenvalue weighted by molar-refractivity contribution is 0.669. The van der Waals surface area contributed by atoms with Crippen LogP contribution in [0.5, 0.6) is 0 Å². The number of hydrogen-bond donors (Lipinski definition) is 0. The summed E-state index contributed by atoms with van der Waals surface area (Å²) >= 11 is 0. The maximum Gasteiger partial charge on any atom is 0.136 e. The van der Waals surface area contributed by atoms with Crippen LogP contribution in [0.1, 0.15) is 0 Å². The molecule has 58 heavy (non-hydrogen) atoms. The Morgan fingerprint density at radius 2 is 0.845 bits per heavy atom. The van der Waals surface area contributed by atoms with Gasteiger partial charge in [0.05, 0.1) is 5.69 Å². The van der Waals surface area contributed by atoms with Crippen LogP contribution in [0.2, 0.25) is 0 Å². The summed E-state index contributed by atoms with van der Waals surface area (Å²) in [5.41, 5.74) is 14.4. The molecular weight excluding hydrogens is 703 g/mol. The summed E-state index contributed by atoms with van der Waals surface area (Å²) in [6.45, 7) is 0. The summed E-state index contributed by atoms with van der Waals surface area (Å²) in [5, 5.41) is 7.09. The third-order valence-electron chi connectivity index (χ3n) is 11.4. The second-order valence-corrected chi connectivity index (χ2v) is 14.9. The van der Waals surface area contributed by atoms with E-state index < -0.39 is 0 Å². The summed E-state index contributed by atoms with van der Waals surface area (Å²) < 4.78 is 6.43. The standard InChI is InChI=1S/C56H37NO/c1-3-14-40(15-4-1)49-31-30-48(37-51(49)41-16-5-2-6-17-41)57(47-28-25-39(26-29-47)45-24-23-38-13-7-8-18-42(38)33-45)54-22-12-11-21-50(54)46-27-32-55-52(35-46)53-34-43-19-9-10-20-44(43)36-56(53)58-55/h1-37H. The van der Waals surface area contributed by atoms with Crippen molar-refractivity contribution in [3.63, 3.8) is 0 Å². The molecule has 0 saturated carbocycles. The molecule has 0 radical (unpaired) electrons. The van der Waals surface area contributed by atoms with Crippen LogP contribution < -0.4 is 4.90 Å². The smallest absolute Gasteiger partial charge is 0.136 e. The Kier molecular flexibility index (Phi) is 8.19. The van der Waals surface area contributed by atoms with Crippen LogP contribution in [-0.2, 0) is 0 Å². The summed E-state index contributed by atoms with van der Waals surface area (Å²) in [6.07, 6.45) is 0. The molecule has 0 amide bonds. The lowest BCUT2D eigenvalue weighted by Crippen LogP contribution is -2.11. The van der Waals surface area contributed by atoms with Gasteiger partial charge in [0.15, 0.2) is 0 Å². The van der Waals surface area contributed by atoms with Gasteiger partial charge in [-0.05, 0) is 121 Å². The molecule has 1 aromatic heterocycles. The third kappa shape index (κ3) is 6.00. The number of nitrogens with zero attached hydrogens (tertiary/aromatic N) is 1. The van der Waals surface area contributed by atoms with Gasteiger partial charge in [-0.1, -0.05) is 164 Å². The van der Waals surface area contributed by atoms with E-state index in [4.69, 9.17) is 4.42 Å². The van der Waals surface area contributed by atoms with Crippen LogP contribution >= 0.6 is 0 Å². The maximum absolute atomic E-state index is 6.43. The van der Waals surface area contributed by atoms with Crippen molar-refractivity contribution in [1.82, 2.24) is 0 Å². The van der Waals surface area contributed by atoms with Crippen molar-refractivity contribution in [2.75, 3.05) is 4.90 Å². The van der Waals surface area contributed by atoms with E-state index in [1.807, 2.05) is 0 Å². The highest BCUT2D eigenvalue weighted by Gasteiger charge is 2.20. The van der Waals surface area contributed by atoms with Gasteiger partial charge in [-0.25, -0.2) is 0 Å². The Morgan fingerprint density at radius 1 is 0.276 bits per heavy atom. The molecule has 272 valence electrons. The number of anilines is 3. The number of rotatable bonds is 7. The van der Waals surface area contributed by atoms with Gasteiger partial charge in [-0.15, -0.1) is 0 Å². The Hall–Kier alpha value is -7.68. The molecule has 0 atom stereocenters. The van der Waals surface area contributed by atoms with Crippen molar-refractivity contribution in [3.05, 3.63) is 224 Å². The van der Waals surface area contributed by atoms with Gasteiger partial charge in [0.2, 0.25) is 0 Å². The van der Waals surface area contributed by atoms with Crippen LogP contribution in [0.4, 0.5) is 17.1 Å². The largest absolute Gasteiger partial charge is 0.456 e. The van der Waals surface area contributed by atoms with E-state index in [2.05, 4.69) is 229 Å². The Bertz CT molecular complexity index is 3270. The first-order valence-corrected chi connectivity index (χ1v) is 19.8. The lowest BCUT2D eigenvalue weighted by atomic mass is 9.93. The number of benzene rings is 10. The van der Waals surface area contributed by atoms with Crippen molar-refractivity contribution in [2.24, 2.45) is 0 Å². The van der Waals surface area contributed by atoms with E-state index in [1.54, 1.807) is 0 Å². The van der Waals surface area contributed by atoms with E-state index in [0.29, 0.717) is 0 Å². The zero-order valence-electron chi connectivity index (χ0n) is 31.7. The van der Waals surface area contributed by atoms with Gasteiger partial charge in [0.1, 0.15) is 11.2 Å². The summed E-state index contributed by atoms with van der Waals surface area (Å²) in [6, 6.07) is 80.8. The average molecular weight is 740 g/mol. The molecule has 11 rings (SSSR count). The zero-order chi connectivity index (χ0) is 38.4. The fraction of sp³-hybridized carbons (Fsp3) is 0. The van der Waals surface area contributed by atoms with Gasteiger partial charge in [0, 0.05) is 27.7 Å². The van der Waals surface area contributed by atoms with Crippen LogP contribution in [0.25, 0.3) is 88.0 Å². The van der Waals surface area contributed by atoms with E-state index in [1.165, 1.54) is 54.9 Å². The molecule has 0 bridgehead atoms. The quantitative estimate of drug-likeness (QED) is 0.162. The van der Waals surface area contributed by atoms with E-state index in [0.717, 1.165) is 50.1 Å². The minimum absolute atomic E-state index is 0.886. The molecule has 0 fully saturated rings. The van der Waals surface area contributed by atoms with E-state index >= 15 is 0 Å². The molecule has 0 spiro atoms. The molecular formula is C56H37NO. The first-order valence-electron chi connectivity index (χ1n) is 19.8. The summed E-state index contributed by atoms with van der Waals surface area (Å²) in [5.74, 6) is 0. The molecule has 11 aromatic rings. The molecule has 0 aliphatic heterocycles. The SMILES string of the molecule is c1ccc(-c2ccc(N(c3ccc(-c4ccc5ccccc5c4)cc3)c3ccccc3-c3ccc4oc5cc6ccccc6cc5c4c3)cc2-c2ccccc2)cc1. The van der Waals surface area contributed by atoms with Crippen molar-refractivity contribution < 1.29 is 4.42 Å². The van der Waals surface area contributed by atoms with Gasteiger partial charge in [-0.3, -0.25) is 0 Å². The number of para-hydroxylation sites is 1. The fourth-order valence-electron chi connectivity index (χ4n) is 8.54. The normalized spacial score (nSPS) is 11.4. The molecule has 2 heteroatoms. The molecule has 0 aliphatic carbocycles. The number of hydrogen-bond acceptors (Lipinski definition) is 2. The van der Waals surface area contributed by atoms with Gasteiger partial charge < -0.3 is 9.32 Å². The average Bonchev–Trinajstić information content (AvgIpc) is 3.65. The number of furan rings is 1. The molecule has 2 nitrogen and oxygen atoms in total. The maximum atomic E-state index is 6.43. The molecule has 10 aromatic carbocycles. The topological polar surface area (TPSA) is 16.4 Å².